The molecular formula is C15H12Cl3N3O4. The first kappa shape index (κ1) is 19.3. The lowest BCUT2D eigenvalue weighted by Crippen LogP contribution is -2.32. The van der Waals surface area contributed by atoms with Crippen molar-refractivity contribution in [1.29, 1.82) is 0 Å². The van der Waals surface area contributed by atoms with Gasteiger partial charge in [-0.2, -0.15) is 0 Å². The number of hydrogen-bond acceptors (Lipinski definition) is 4. The number of halogens is 3. The summed E-state index contributed by atoms with van der Waals surface area (Å²) in [5.41, 5.74) is 0.423. The second-order valence-corrected chi connectivity index (χ2v) is 6.19. The SMILES string of the molecule is O=C(NCC(O)c1ccc(Cl)cc1Cl)Nc1ccc([N+](=O)[O-])cc1Cl. The smallest absolute Gasteiger partial charge is 0.319 e. The number of aliphatic hydroxyl groups is 1. The highest BCUT2D eigenvalue weighted by atomic mass is 35.5. The van der Waals surface area contributed by atoms with Gasteiger partial charge in [-0.05, 0) is 18.2 Å². The van der Waals surface area contributed by atoms with Crippen LogP contribution in [0.5, 0.6) is 0 Å². The van der Waals surface area contributed by atoms with Gasteiger partial charge in [0.2, 0.25) is 0 Å². The van der Waals surface area contributed by atoms with Gasteiger partial charge >= 0.3 is 6.03 Å². The average molecular weight is 405 g/mol. The molecule has 132 valence electrons. The van der Waals surface area contributed by atoms with Gasteiger partial charge in [0.1, 0.15) is 0 Å². The fraction of sp³-hybridized carbons (Fsp3) is 0.133. The van der Waals surface area contributed by atoms with E-state index in [1.807, 2.05) is 0 Å². The molecule has 7 nitrogen and oxygen atoms in total. The van der Waals surface area contributed by atoms with Crippen molar-refractivity contribution in [2.24, 2.45) is 0 Å². The molecule has 0 spiro atoms. The topological polar surface area (TPSA) is 104 Å². The van der Waals surface area contributed by atoms with Crippen molar-refractivity contribution in [3.8, 4) is 0 Å². The normalized spacial score (nSPS) is 11.7. The fourth-order valence-electron chi connectivity index (χ4n) is 1.96. The highest BCUT2D eigenvalue weighted by Gasteiger charge is 2.15. The number of urea groups is 1. The van der Waals surface area contributed by atoms with Gasteiger partial charge in [-0.15, -0.1) is 0 Å². The van der Waals surface area contributed by atoms with Crippen LogP contribution < -0.4 is 10.6 Å². The van der Waals surface area contributed by atoms with Crippen LogP contribution in [0.4, 0.5) is 16.2 Å². The van der Waals surface area contributed by atoms with Crippen molar-refractivity contribution in [1.82, 2.24) is 5.32 Å². The number of amides is 2. The second-order valence-electron chi connectivity index (χ2n) is 4.94. The zero-order valence-electron chi connectivity index (χ0n) is 12.5. The van der Waals surface area contributed by atoms with Crippen LogP contribution in [0.3, 0.4) is 0 Å². The molecule has 1 unspecified atom stereocenters. The number of benzene rings is 2. The molecule has 0 aliphatic carbocycles. The Morgan fingerprint density at radius 1 is 1.16 bits per heavy atom. The molecule has 10 heteroatoms. The summed E-state index contributed by atoms with van der Waals surface area (Å²) in [5, 5.41) is 26.4. The molecule has 0 saturated heterocycles. The maximum Gasteiger partial charge on any atom is 0.319 e. The Kier molecular flexibility index (Phi) is 6.44. The number of aliphatic hydroxyl groups excluding tert-OH is 1. The lowest BCUT2D eigenvalue weighted by atomic mass is 10.1. The highest BCUT2D eigenvalue weighted by Crippen LogP contribution is 2.27. The molecule has 25 heavy (non-hydrogen) atoms. The third-order valence-corrected chi connectivity index (χ3v) is 4.06. The molecular weight excluding hydrogens is 393 g/mol. The minimum atomic E-state index is -1.04. The quantitative estimate of drug-likeness (QED) is 0.507. The Morgan fingerprint density at radius 2 is 1.88 bits per heavy atom. The third kappa shape index (κ3) is 5.20. The summed E-state index contributed by atoms with van der Waals surface area (Å²) in [6, 6.07) is 7.62. The van der Waals surface area contributed by atoms with Gasteiger partial charge in [-0.1, -0.05) is 40.9 Å². The summed E-state index contributed by atoms with van der Waals surface area (Å²) < 4.78 is 0. The van der Waals surface area contributed by atoms with Crippen molar-refractivity contribution in [2.75, 3.05) is 11.9 Å². The van der Waals surface area contributed by atoms with Crippen LogP contribution in [0.25, 0.3) is 0 Å². The van der Waals surface area contributed by atoms with Crippen molar-refractivity contribution in [2.45, 2.75) is 6.10 Å². The molecule has 0 heterocycles. The molecule has 0 radical (unpaired) electrons. The van der Waals surface area contributed by atoms with Crippen molar-refractivity contribution < 1.29 is 14.8 Å². The Balaban J connectivity index is 1.95. The molecule has 3 N–H and O–H groups in total. The second kappa shape index (κ2) is 8.35. The van der Waals surface area contributed by atoms with E-state index in [4.69, 9.17) is 34.8 Å². The summed E-state index contributed by atoms with van der Waals surface area (Å²) in [4.78, 5) is 21.9. The first-order valence-corrected chi connectivity index (χ1v) is 8.03. The first-order chi connectivity index (χ1) is 11.8. The minimum Gasteiger partial charge on any atom is -0.387 e. The molecule has 0 aromatic heterocycles. The molecule has 2 aromatic carbocycles. The number of nitrogens with one attached hydrogen (secondary N) is 2. The number of nitro groups is 1. The van der Waals surface area contributed by atoms with Crippen LogP contribution in [-0.2, 0) is 0 Å². The maximum absolute atomic E-state index is 11.9. The number of hydrogen-bond donors (Lipinski definition) is 3. The number of carbonyl (C=O) groups is 1. The van der Waals surface area contributed by atoms with Gasteiger partial charge in [-0.3, -0.25) is 10.1 Å². The summed E-state index contributed by atoms with van der Waals surface area (Å²) in [6.07, 6.45) is -1.04. The number of nitrogens with zero attached hydrogens (tertiary/aromatic N) is 1. The number of non-ortho nitro benzene ring substituents is 1. The summed E-state index contributed by atoms with van der Waals surface area (Å²) in [7, 11) is 0. The van der Waals surface area contributed by atoms with Crippen molar-refractivity contribution in [3.63, 3.8) is 0 Å². The van der Waals surface area contributed by atoms with E-state index in [2.05, 4.69) is 10.6 Å². The predicted octanol–water partition coefficient (Wildman–Crippen LogP) is 4.41. The van der Waals surface area contributed by atoms with Gasteiger partial charge in [0.15, 0.2) is 0 Å². The molecule has 1 atom stereocenters. The van der Waals surface area contributed by atoms with E-state index < -0.39 is 17.1 Å². The monoisotopic (exact) mass is 403 g/mol. The zero-order valence-corrected chi connectivity index (χ0v) is 14.8. The van der Waals surface area contributed by atoms with E-state index in [1.165, 1.54) is 18.2 Å². The van der Waals surface area contributed by atoms with Crippen LogP contribution in [0, 0.1) is 10.1 Å². The van der Waals surface area contributed by atoms with E-state index in [0.29, 0.717) is 10.6 Å². The Morgan fingerprint density at radius 3 is 2.48 bits per heavy atom. The van der Waals surface area contributed by atoms with Gasteiger partial charge in [-0.25, -0.2) is 4.79 Å². The number of carbonyl (C=O) groups excluding carboxylic acids is 1. The van der Waals surface area contributed by atoms with E-state index in [0.717, 1.165) is 6.07 Å². The zero-order chi connectivity index (χ0) is 18.6. The molecule has 0 saturated carbocycles. The van der Waals surface area contributed by atoms with Crippen LogP contribution in [0.15, 0.2) is 36.4 Å². The van der Waals surface area contributed by atoms with E-state index >= 15 is 0 Å². The summed E-state index contributed by atoms with van der Waals surface area (Å²) in [6.45, 7) is -0.113. The van der Waals surface area contributed by atoms with Crippen LogP contribution in [0.2, 0.25) is 15.1 Å². The molecule has 0 aliphatic heterocycles. The standard InChI is InChI=1S/C15H12Cl3N3O4/c16-8-1-3-10(11(17)5-8)14(22)7-19-15(23)20-13-4-2-9(21(24)25)6-12(13)18/h1-6,14,22H,7H2,(H2,19,20,23). The van der Waals surface area contributed by atoms with Crippen LogP contribution >= 0.6 is 34.8 Å². The van der Waals surface area contributed by atoms with Gasteiger partial charge in [0.25, 0.3) is 5.69 Å². The Labute approximate surface area is 157 Å². The van der Waals surface area contributed by atoms with E-state index in [-0.39, 0.29) is 28.0 Å². The molecule has 0 fully saturated rings. The molecule has 0 bridgehead atoms. The number of anilines is 1. The summed E-state index contributed by atoms with van der Waals surface area (Å²) in [5.74, 6) is 0. The van der Waals surface area contributed by atoms with Crippen LogP contribution in [0.1, 0.15) is 11.7 Å². The lowest BCUT2D eigenvalue weighted by molar-refractivity contribution is -0.384. The maximum atomic E-state index is 11.9. The minimum absolute atomic E-state index is 0.0191. The van der Waals surface area contributed by atoms with Crippen molar-refractivity contribution in [3.05, 3.63) is 67.1 Å². The van der Waals surface area contributed by atoms with E-state index in [9.17, 15) is 20.0 Å². The van der Waals surface area contributed by atoms with Gasteiger partial charge < -0.3 is 15.7 Å². The van der Waals surface area contributed by atoms with Gasteiger partial charge in [0.05, 0.1) is 21.7 Å². The molecule has 2 aromatic rings. The number of rotatable bonds is 5. The summed E-state index contributed by atoms with van der Waals surface area (Å²) >= 11 is 17.7. The largest absolute Gasteiger partial charge is 0.387 e. The fourth-order valence-corrected chi connectivity index (χ4v) is 2.71. The molecule has 0 aliphatic rings. The Bertz CT molecular complexity index is 817. The van der Waals surface area contributed by atoms with Crippen molar-refractivity contribution >= 4 is 52.2 Å². The average Bonchev–Trinajstić information content (AvgIpc) is 2.54. The lowest BCUT2D eigenvalue weighted by Gasteiger charge is -2.15. The van der Waals surface area contributed by atoms with Gasteiger partial charge in [0, 0.05) is 34.3 Å². The molecule has 2 amide bonds. The highest BCUT2D eigenvalue weighted by molar-refractivity contribution is 6.35. The third-order valence-electron chi connectivity index (χ3n) is 3.19. The molecule has 2 rings (SSSR count). The van der Waals surface area contributed by atoms with Crippen LogP contribution in [-0.4, -0.2) is 22.6 Å². The Hall–Kier alpha value is -2.06. The number of nitro benzene ring substituents is 1. The predicted molar refractivity (Wildman–Crippen MR) is 96.5 cm³/mol. The van der Waals surface area contributed by atoms with E-state index in [1.54, 1.807) is 12.1 Å². The first-order valence-electron chi connectivity index (χ1n) is 6.89.